The molecule has 0 aliphatic rings. The molecule has 0 unspecified atom stereocenters. The third kappa shape index (κ3) is 1.80. The predicted octanol–water partition coefficient (Wildman–Crippen LogP) is 1.15. The van der Waals surface area contributed by atoms with Crippen molar-refractivity contribution in [3.8, 4) is 5.69 Å². The number of benzene rings is 1. The van der Waals surface area contributed by atoms with E-state index in [0.29, 0.717) is 5.69 Å². The van der Waals surface area contributed by atoms with Crippen LogP contribution in [0.25, 0.3) is 5.69 Å². The van der Waals surface area contributed by atoms with Crippen molar-refractivity contribution in [1.82, 2.24) is 9.78 Å². The zero-order valence-corrected chi connectivity index (χ0v) is 7.79. The van der Waals surface area contributed by atoms with E-state index in [0.717, 1.165) is 5.69 Å². The Morgan fingerprint density at radius 2 is 2.20 bits per heavy atom. The van der Waals surface area contributed by atoms with Gasteiger partial charge in [0.1, 0.15) is 0 Å². The van der Waals surface area contributed by atoms with Crippen LogP contribution in [0.15, 0.2) is 36.5 Å². The van der Waals surface area contributed by atoms with Crippen LogP contribution >= 0.6 is 0 Å². The fourth-order valence-electron chi connectivity index (χ4n) is 1.25. The molecule has 0 aliphatic carbocycles. The van der Waals surface area contributed by atoms with Gasteiger partial charge in [0.25, 0.3) is 0 Å². The minimum Gasteiger partial charge on any atom is -0.476 e. The van der Waals surface area contributed by atoms with Gasteiger partial charge < -0.3 is 10.8 Å². The van der Waals surface area contributed by atoms with Crippen molar-refractivity contribution in [3.63, 3.8) is 0 Å². The predicted molar refractivity (Wildman–Crippen MR) is 54.9 cm³/mol. The number of carboxylic acids is 1. The van der Waals surface area contributed by atoms with Gasteiger partial charge in [0.05, 0.1) is 5.69 Å². The molecule has 5 heteroatoms. The number of nitrogen functional groups attached to an aromatic ring is 1. The van der Waals surface area contributed by atoms with Gasteiger partial charge in [-0.1, -0.05) is 6.07 Å². The molecule has 1 heterocycles. The highest BCUT2D eigenvalue weighted by Gasteiger charge is 2.07. The number of hydrogen-bond donors (Lipinski definition) is 2. The highest BCUT2D eigenvalue weighted by molar-refractivity contribution is 5.85. The van der Waals surface area contributed by atoms with Gasteiger partial charge in [0.15, 0.2) is 5.69 Å². The first kappa shape index (κ1) is 9.26. The summed E-state index contributed by atoms with van der Waals surface area (Å²) in [4.78, 5) is 10.6. The van der Waals surface area contributed by atoms with Crippen molar-refractivity contribution in [1.29, 1.82) is 0 Å². The van der Waals surface area contributed by atoms with E-state index in [-0.39, 0.29) is 5.69 Å². The molecule has 0 bridgehead atoms. The number of nitrogens with zero attached hydrogens (tertiary/aromatic N) is 2. The van der Waals surface area contributed by atoms with Crippen molar-refractivity contribution in [2.24, 2.45) is 0 Å². The fourth-order valence-corrected chi connectivity index (χ4v) is 1.25. The minimum atomic E-state index is -1.04. The smallest absolute Gasteiger partial charge is 0.356 e. The first-order valence-electron chi connectivity index (χ1n) is 4.32. The third-order valence-corrected chi connectivity index (χ3v) is 1.94. The average Bonchev–Trinajstić information content (AvgIpc) is 2.66. The molecule has 1 aromatic heterocycles. The Morgan fingerprint density at radius 3 is 2.80 bits per heavy atom. The number of hydrogen-bond acceptors (Lipinski definition) is 3. The molecular formula is C10H9N3O2. The second kappa shape index (κ2) is 3.45. The molecular weight excluding hydrogens is 194 g/mol. The Balaban J connectivity index is 2.41. The van der Waals surface area contributed by atoms with Crippen LogP contribution in [0.3, 0.4) is 0 Å². The van der Waals surface area contributed by atoms with Crippen molar-refractivity contribution in [3.05, 3.63) is 42.2 Å². The highest BCUT2D eigenvalue weighted by atomic mass is 16.4. The Hall–Kier alpha value is -2.30. The molecule has 0 aliphatic heterocycles. The van der Waals surface area contributed by atoms with Crippen LogP contribution in [0.4, 0.5) is 5.69 Å². The minimum absolute atomic E-state index is 0.0115. The normalized spacial score (nSPS) is 10.1. The highest BCUT2D eigenvalue weighted by Crippen LogP contribution is 2.11. The van der Waals surface area contributed by atoms with Crippen LogP contribution in [0.1, 0.15) is 10.5 Å². The number of carboxylic acid groups (broad SMARTS) is 1. The van der Waals surface area contributed by atoms with Gasteiger partial charge in [-0.05, 0) is 24.3 Å². The summed E-state index contributed by atoms with van der Waals surface area (Å²) in [5.41, 5.74) is 6.97. The monoisotopic (exact) mass is 203 g/mol. The van der Waals surface area contributed by atoms with E-state index in [9.17, 15) is 4.79 Å². The lowest BCUT2D eigenvalue weighted by Gasteiger charge is -2.01. The standard InChI is InChI=1S/C10H9N3O2/c11-7-2-1-3-8(6-7)13-5-4-9(12-13)10(14)15/h1-6H,11H2,(H,14,15). The summed E-state index contributed by atoms with van der Waals surface area (Å²) in [7, 11) is 0. The Bertz CT molecular complexity index is 505. The molecule has 0 atom stereocenters. The van der Waals surface area contributed by atoms with Crippen LogP contribution in [-0.4, -0.2) is 20.9 Å². The van der Waals surface area contributed by atoms with Gasteiger partial charge >= 0.3 is 5.97 Å². The fraction of sp³-hybridized carbons (Fsp3) is 0. The average molecular weight is 203 g/mol. The molecule has 0 spiro atoms. The van der Waals surface area contributed by atoms with Crippen LogP contribution in [0.5, 0.6) is 0 Å². The molecule has 0 saturated heterocycles. The Labute approximate surface area is 85.8 Å². The first-order chi connectivity index (χ1) is 7.16. The summed E-state index contributed by atoms with van der Waals surface area (Å²) in [5.74, 6) is -1.04. The van der Waals surface area contributed by atoms with E-state index in [2.05, 4.69) is 5.10 Å². The molecule has 0 radical (unpaired) electrons. The van der Waals surface area contributed by atoms with Gasteiger partial charge in [-0.25, -0.2) is 9.48 Å². The van der Waals surface area contributed by atoms with Crippen LogP contribution in [0, 0.1) is 0 Å². The lowest BCUT2D eigenvalue weighted by Crippen LogP contribution is -2.01. The molecule has 3 N–H and O–H groups in total. The summed E-state index contributed by atoms with van der Waals surface area (Å²) in [6, 6.07) is 8.50. The maximum absolute atomic E-state index is 10.6. The summed E-state index contributed by atoms with van der Waals surface area (Å²) in [6.45, 7) is 0. The van der Waals surface area contributed by atoms with Gasteiger partial charge in [0.2, 0.25) is 0 Å². The van der Waals surface area contributed by atoms with Crippen LogP contribution in [0.2, 0.25) is 0 Å². The summed E-state index contributed by atoms with van der Waals surface area (Å²) < 4.78 is 1.47. The molecule has 0 saturated carbocycles. The quantitative estimate of drug-likeness (QED) is 0.717. The topological polar surface area (TPSA) is 81.1 Å². The van der Waals surface area contributed by atoms with Crippen molar-refractivity contribution < 1.29 is 9.90 Å². The summed E-state index contributed by atoms with van der Waals surface area (Å²) in [6.07, 6.45) is 1.58. The van der Waals surface area contributed by atoms with Crippen LogP contribution < -0.4 is 5.73 Å². The summed E-state index contributed by atoms with van der Waals surface area (Å²) >= 11 is 0. The number of anilines is 1. The molecule has 76 valence electrons. The van der Waals surface area contributed by atoms with Crippen molar-refractivity contribution >= 4 is 11.7 Å². The van der Waals surface area contributed by atoms with E-state index in [1.54, 1.807) is 30.5 Å². The number of aromatic nitrogens is 2. The Morgan fingerprint density at radius 1 is 1.40 bits per heavy atom. The van der Waals surface area contributed by atoms with E-state index >= 15 is 0 Å². The zero-order valence-electron chi connectivity index (χ0n) is 7.79. The van der Waals surface area contributed by atoms with Gasteiger partial charge in [-0.3, -0.25) is 0 Å². The SMILES string of the molecule is Nc1cccc(-n2ccc(C(=O)O)n2)c1. The van der Waals surface area contributed by atoms with Crippen molar-refractivity contribution in [2.75, 3.05) is 5.73 Å². The van der Waals surface area contributed by atoms with Gasteiger partial charge in [0, 0.05) is 11.9 Å². The molecule has 5 nitrogen and oxygen atoms in total. The first-order valence-corrected chi connectivity index (χ1v) is 4.32. The van der Waals surface area contributed by atoms with Gasteiger partial charge in [-0.2, -0.15) is 5.10 Å². The largest absolute Gasteiger partial charge is 0.476 e. The molecule has 0 amide bonds. The maximum atomic E-state index is 10.6. The van der Waals surface area contributed by atoms with Crippen molar-refractivity contribution in [2.45, 2.75) is 0 Å². The molecule has 0 fully saturated rings. The maximum Gasteiger partial charge on any atom is 0.356 e. The molecule has 2 rings (SSSR count). The number of aromatic carboxylic acids is 1. The Kier molecular flexibility index (Phi) is 2.13. The lowest BCUT2D eigenvalue weighted by atomic mass is 10.3. The van der Waals surface area contributed by atoms with E-state index in [4.69, 9.17) is 10.8 Å². The lowest BCUT2D eigenvalue weighted by molar-refractivity contribution is 0.0690. The van der Waals surface area contributed by atoms with E-state index < -0.39 is 5.97 Å². The van der Waals surface area contributed by atoms with Crippen LogP contribution in [-0.2, 0) is 0 Å². The molecule has 1 aromatic carbocycles. The third-order valence-electron chi connectivity index (χ3n) is 1.94. The van der Waals surface area contributed by atoms with E-state index in [1.807, 2.05) is 0 Å². The second-order valence-corrected chi connectivity index (χ2v) is 3.05. The summed E-state index contributed by atoms with van der Waals surface area (Å²) in [5, 5.41) is 12.6. The number of carbonyl (C=O) groups is 1. The second-order valence-electron chi connectivity index (χ2n) is 3.05. The molecule has 2 aromatic rings. The molecule has 15 heavy (non-hydrogen) atoms. The number of nitrogens with two attached hydrogens (primary N) is 1. The zero-order chi connectivity index (χ0) is 10.8. The van der Waals surface area contributed by atoms with E-state index in [1.165, 1.54) is 10.7 Å². The number of rotatable bonds is 2. The van der Waals surface area contributed by atoms with Gasteiger partial charge in [-0.15, -0.1) is 0 Å².